The fourth-order valence-electron chi connectivity index (χ4n) is 3.93. The molecule has 4 rings (SSSR count). The molecule has 0 saturated carbocycles. The molecule has 156 valence electrons. The Morgan fingerprint density at radius 1 is 1.14 bits per heavy atom. The number of hydrogen-bond acceptors (Lipinski definition) is 6. The van der Waals surface area contributed by atoms with Crippen LogP contribution in [-0.4, -0.2) is 25.2 Å². The largest absolute Gasteiger partial charge is 0.462 e. The molecule has 3 N–H and O–H groups in total. The van der Waals surface area contributed by atoms with Gasteiger partial charge in [0.25, 0.3) is 0 Å². The second kappa shape index (κ2) is 9.04. The molecule has 2 aliphatic rings. The van der Waals surface area contributed by atoms with Crippen molar-refractivity contribution in [1.29, 1.82) is 0 Å². The lowest BCUT2D eigenvalue weighted by atomic mass is 9.95. The van der Waals surface area contributed by atoms with Crippen LogP contribution in [0, 0.1) is 0 Å². The normalized spacial score (nSPS) is 15.4. The van der Waals surface area contributed by atoms with E-state index in [1.807, 2.05) is 0 Å². The second-order valence-electron chi connectivity index (χ2n) is 7.13. The minimum absolute atomic E-state index is 0.311. The lowest BCUT2D eigenvalue weighted by Gasteiger charge is -2.15. The Labute approximate surface area is 183 Å². The molecule has 0 fully saturated rings. The second-order valence-corrected chi connectivity index (χ2v) is 9.94. The number of urea groups is 1. The summed E-state index contributed by atoms with van der Waals surface area (Å²) in [6, 6.07) is -0.334. The van der Waals surface area contributed by atoms with Gasteiger partial charge >= 0.3 is 12.0 Å². The van der Waals surface area contributed by atoms with Crippen LogP contribution in [0.5, 0.6) is 0 Å². The van der Waals surface area contributed by atoms with Crippen LogP contribution >= 0.6 is 34.3 Å². The summed E-state index contributed by atoms with van der Waals surface area (Å²) in [7, 11) is 0. The third-order valence-electron chi connectivity index (χ3n) is 5.29. The van der Waals surface area contributed by atoms with Crippen molar-refractivity contribution >= 4 is 51.3 Å². The van der Waals surface area contributed by atoms with Crippen molar-refractivity contribution in [1.82, 2.24) is 10.6 Å². The summed E-state index contributed by atoms with van der Waals surface area (Å²) in [5.74, 6) is -0.357. The van der Waals surface area contributed by atoms with Crippen molar-refractivity contribution in [3.63, 3.8) is 0 Å². The van der Waals surface area contributed by atoms with Gasteiger partial charge in [0.1, 0.15) is 5.00 Å². The van der Waals surface area contributed by atoms with Crippen molar-refractivity contribution in [3.05, 3.63) is 36.3 Å². The van der Waals surface area contributed by atoms with Crippen LogP contribution in [0.15, 0.2) is 0 Å². The Bertz CT molecular complexity index is 938. The molecule has 0 spiro atoms. The SMILES string of the molecule is CCOC(=O)c1c(NC(=O)NCc2c(Cl)sc3c2CCNC3)sc2c1CCCC2. The average molecular weight is 454 g/mol. The van der Waals surface area contributed by atoms with Crippen LogP contribution in [0.4, 0.5) is 9.80 Å². The van der Waals surface area contributed by atoms with E-state index in [-0.39, 0.29) is 12.0 Å². The summed E-state index contributed by atoms with van der Waals surface area (Å²) in [6.07, 6.45) is 4.88. The van der Waals surface area contributed by atoms with E-state index >= 15 is 0 Å². The number of carbonyl (C=O) groups is 2. The Balaban J connectivity index is 1.48. The first-order chi connectivity index (χ1) is 14.1. The van der Waals surface area contributed by atoms with Gasteiger partial charge in [-0.1, -0.05) is 11.6 Å². The van der Waals surface area contributed by atoms with E-state index in [0.29, 0.717) is 23.7 Å². The maximum Gasteiger partial charge on any atom is 0.341 e. The number of ether oxygens (including phenoxy) is 1. The zero-order valence-corrected chi connectivity index (χ0v) is 18.7. The predicted octanol–water partition coefficient (Wildman–Crippen LogP) is 4.49. The fourth-order valence-corrected chi connectivity index (χ4v) is 6.72. The zero-order chi connectivity index (χ0) is 20.4. The quantitative estimate of drug-likeness (QED) is 0.583. The average Bonchev–Trinajstić information content (AvgIpc) is 3.22. The van der Waals surface area contributed by atoms with Crippen molar-refractivity contribution in [3.8, 4) is 0 Å². The molecule has 2 aromatic heterocycles. The number of carbonyl (C=O) groups excluding carboxylic acids is 2. The number of aryl methyl sites for hydroxylation is 1. The number of esters is 1. The van der Waals surface area contributed by atoms with E-state index in [2.05, 4.69) is 16.0 Å². The highest BCUT2D eigenvalue weighted by atomic mass is 35.5. The zero-order valence-electron chi connectivity index (χ0n) is 16.3. The molecule has 3 heterocycles. The van der Waals surface area contributed by atoms with Crippen LogP contribution in [-0.2, 0) is 37.1 Å². The van der Waals surface area contributed by atoms with Crippen LogP contribution in [0.2, 0.25) is 4.34 Å². The molecular weight excluding hydrogens is 430 g/mol. The van der Waals surface area contributed by atoms with E-state index in [4.69, 9.17) is 16.3 Å². The molecule has 6 nitrogen and oxygen atoms in total. The van der Waals surface area contributed by atoms with Gasteiger partial charge in [-0.2, -0.15) is 0 Å². The number of thiophene rings is 2. The summed E-state index contributed by atoms with van der Waals surface area (Å²) in [6.45, 7) is 4.22. The highest BCUT2D eigenvalue weighted by Gasteiger charge is 2.27. The van der Waals surface area contributed by atoms with Crippen LogP contribution in [0.3, 0.4) is 0 Å². The molecule has 0 unspecified atom stereocenters. The molecule has 9 heteroatoms. The van der Waals surface area contributed by atoms with Crippen LogP contribution < -0.4 is 16.0 Å². The Hall–Kier alpha value is -1.61. The summed E-state index contributed by atoms with van der Waals surface area (Å²) in [5.41, 5.74) is 3.81. The number of amides is 2. The molecule has 0 radical (unpaired) electrons. The first-order valence-corrected chi connectivity index (χ1v) is 12.0. The fraction of sp³-hybridized carbons (Fsp3) is 0.500. The minimum Gasteiger partial charge on any atom is -0.462 e. The van der Waals surface area contributed by atoms with Gasteiger partial charge in [0.2, 0.25) is 0 Å². The molecular formula is C20H24ClN3O3S2. The summed E-state index contributed by atoms with van der Waals surface area (Å²) in [5, 5.41) is 9.71. The maximum atomic E-state index is 12.6. The molecule has 0 atom stereocenters. The lowest BCUT2D eigenvalue weighted by Crippen LogP contribution is -2.29. The highest BCUT2D eigenvalue weighted by molar-refractivity contribution is 7.17. The van der Waals surface area contributed by atoms with Crippen molar-refractivity contribution in [2.24, 2.45) is 0 Å². The van der Waals surface area contributed by atoms with E-state index in [0.717, 1.165) is 60.7 Å². The number of anilines is 1. The monoisotopic (exact) mass is 453 g/mol. The van der Waals surface area contributed by atoms with Gasteiger partial charge in [-0.25, -0.2) is 9.59 Å². The van der Waals surface area contributed by atoms with E-state index in [9.17, 15) is 9.59 Å². The van der Waals surface area contributed by atoms with Gasteiger partial charge in [-0.15, -0.1) is 22.7 Å². The summed E-state index contributed by atoms with van der Waals surface area (Å²) in [4.78, 5) is 27.6. The molecule has 2 aromatic rings. The van der Waals surface area contributed by atoms with Gasteiger partial charge in [0, 0.05) is 28.4 Å². The van der Waals surface area contributed by atoms with E-state index in [1.165, 1.54) is 26.7 Å². The number of hydrogen-bond donors (Lipinski definition) is 3. The molecule has 1 aliphatic heterocycles. The molecule has 0 aromatic carbocycles. The van der Waals surface area contributed by atoms with Crippen molar-refractivity contribution in [2.75, 3.05) is 18.5 Å². The Morgan fingerprint density at radius 3 is 2.79 bits per heavy atom. The number of rotatable bonds is 5. The molecule has 29 heavy (non-hydrogen) atoms. The third kappa shape index (κ3) is 4.30. The smallest absolute Gasteiger partial charge is 0.341 e. The summed E-state index contributed by atoms with van der Waals surface area (Å²) >= 11 is 9.47. The standard InChI is InChI=1S/C20H24ClN3O3S2/c1-2-27-19(25)16-12-5-3-4-6-14(12)29-18(16)24-20(26)23-9-13-11-7-8-22-10-15(11)28-17(13)21/h22H,2-10H2,1H3,(H2,23,24,26). The number of halogens is 1. The van der Waals surface area contributed by atoms with Gasteiger partial charge < -0.3 is 15.4 Å². The number of nitrogens with one attached hydrogen (secondary N) is 3. The Morgan fingerprint density at radius 2 is 1.97 bits per heavy atom. The molecule has 1 aliphatic carbocycles. The minimum atomic E-state index is -0.357. The number of fused-ring (bicyclic) bond motifs is 2. The Kier molecular flexibility index (Phi) is 6.44. The van der Waals surface area contributed by atoms with Crippen molar-refractivity contribution in [2.45, 2.75) is 52.1 Å². The maximum absolute atomic E-state index is 12.6. The van der Waals surface area contributed by atoms with Gasteiger partial charge in [0.15, 0.2) is 0 Å². The van der Waals surface area contributed by atoms with E-state index in [1.54, 1.807) is 18.3 Å². The third-order valence-corrected chi connectivity index (χ3v) is 8.02. The molecule has 0 saturated heterocycles. The van der Waals surface area contributed by atoms with Gasteiger partial charge in [-0.3, -0.25) is 5.32 Å². The van der Waals surface area contributed by atoms with Crippen molar-refractivity contribution < 1.29 is 14.3 Å². The van der Waals surface area contributed by atoms with Crippen LogP contribution in [0.1, 0.15) is 56.6 Å². The van der Waals surface area contributed by atoms with Crippen LogP contribution in [0.25, 0.3) is 0 Å². The van der Waals surface area contributed by atoms with Gasteiger partial charge in [-0.05, 0) is 56.7 Å². The predicted molar refractivity (Wildman–Crippen MR) is 118 cm³/mol. The van der Waals surface area contributed by atoms with E-state index < -0.39 is 0 Å². The topological polar surface area (TPSA) is 79.5 Å². The lowest BCUT2D eigenvalue weighted by molar-refractivity contribution is 0.0526. The summed E-state index contributed by atoms with van der Waals surface area (Å²) < 4.78 is 5.98. The van der Waals surface area contributed by atoms with Gasteiger partial charge in [0.05, 0.1) is 16.5 Å². The first-order valence-electron chi connectivity index (χ1n) is 9.94. The highest BCUT2D eigenvalue weighted by Crippen LogP contribution is 2.39. The molecule has 0 bridgehead atoms. The first kappa shape index (κ1) is 20.7. The molecule has 2 amide bonds.